The van der Waals surface area contributed by atoms with E-state index in [1.165, 1.54) is 16.4 Å². The van der Waals surface area contributed by atoms with Crippen LogP contribution in [0.15, 0.2) is 17.5 Å². The van der Waals surface area contributed by atoms with Crippen molar-refractivity contribution >= 4 is 28.8 Å². The van der Waals surface area contributed by atoms with Crippen LogP contribution >= 0.6 is 22.9 Å². The van der Waals surface area contributed by atoms with E-state index in [4.69, 9.17) is 0 Å². The smallest absolute Gasteiger partial charge is 0.265 e. The van der Waals surface area contributed by atoms with Gasteiger partial charge in [-0.05, 0) is 42.7 Å². The third-order valence-corrected chi connectivity index (χ3v) is 5.56. The molecular formula is C13H15N3OS2. The predicted molar refractivity (Wildman–Crippen MR) is 76.6 cm³/mol. The van der Waals surface area contributed by atoms with E-state index in [0.717, 1.165) is 25.7 Å². The van der Waals surface area contributed by atoms with Crippen LogP contribution in [-0.4, -0.2) is 15.5 Å². The number of carbonyl (C=O) groups is 1. The van der Waals surface area contributed by atoms with Gasteiger partial charge in [0.05, 0.1) is 11.2 Å². The zero-order chi connectivity index (χ0) is 13.3. The van der Waals surface area contributed by atoms with Crippen LogP contribution in [-0.2, 0) is 5.54 Å². The molecule has 0 radical (unpaired) electrons. The summed E-state index contributed by atoms with van der Waals surface area (Å²) in [4.78, 5) is 14.3. The summed E-state index contributed by atoms with van der Waals surface area (Å²) in [6, 6.07) is 4.17. The highest BCUT2D eigenvalue weighted by atomic mass is 32.1. The molecule has 0 aromatic carbocycles. The van der Waals surface area contributed by atoms with E-state index >= 15 is 0 Å². The molecule has 2 aromatic rings. The first kappa shape index (κ1) is 12.7. The number of nitrogens with zero attached hydrogens (tertiary/aromatic N) is 2. The molecule has 0 spiro atoms. The van der Waals surface area contributed by atoms with Gasteiger partial charge in [-0.1, -0.05) is 23.4 Å². The Balaban J connectivity index is 1.87. The lowest BCUT2D eigenvalue weighted by atomic mass is 9.95. The third kappa shape index (κ3) is 2.30. The highest BCUT2D eigenvalue weighted by molar-refractivity contribution is 7.10. The molecular weight excluding hydrogens is 278 g/mol. The molecule has 0 aliphatic heterocycles. The van der Waals surface area contributed by atoms with Crippen molar-refractivity contribution < 1.29 is 4.79 Å². The Bertz CT molecular complexity index is 570. The molecule has 2 heterocycles. The molecule has 3 rings (SSSR count). The van der Waals surface area contributed by atoms with Crippen molar-refractivity contribution in [3.8, 4) is 0 Å². The molecule has 1 fully saturated rings. The van der Waals surface area contributed by atoms with Crippen molar-refractivity contribution in [2.24, 2.45) is 0 Å². The Morgan fingerprint density at radius 2 is 2.21 bits per heavy atom. The number of thiophene rings is 1. The van der Waals surface area contributed by atoms with Crippen molar-refractivity contribution in [2.45, 2.75) is 38.1 Å². The fraction of sp³-hybridized carbons (Fsp3) is 0.462. The monoisotopic (exact) mass is 293 g/mol. The minimum Gasteiger partial charge on any atom is -0.341 e. The lowest BCUT2D eigenvalue weighted by Crippen LogP contribution is -2.43. The summed E-state index contributed by atoms with van der Waals surface area (Å²) in [5, 5.41) is 9.22. The number of nitrogens with one attached hydrogen (secondary N) is 1. The molecule has 1 aliphatic carbocycles. The summed E-state index contributed by atoms with van der Waals surface area (Å²) in [7, 11) is 0. The molecule has 4 nitrogen and oxygen atoms in total. The fourth-order valence-electron chi connectivity index (χ4n) is 2.68. The minimum atomic E-state index is -0.179. The van der Waals surface area contributed by atoms with Crippen LogP contribution in [0, 0.1) is 6.92 Å². The third-order valence-electron chi connectivity index (χ3n) is 3.66. The molecule has 1 aliphatic rings. The van der Waals surface area contributed by atoms with Gasteiger partial charge in [0, 0.05) is 4.88 Å². The molecule has 6 heteroatoms. The number of carbonyl (C=O) groups excluding carboxylic acids is 1. The first-order valence-corrected chi connectivity index (χ1v) is 8.02. The summed E-state index contributed by atoms with van der Waals surface area (Å²) < 4.78 is 3.84. The van der Waals surface area contributed by atoms with Crippen LogP contribution in [0.3, 0.4) is 0 Å². The van der Waals surface area contributed by atoms with Gasteiger partial charge in [0.1, 0.15) is 4.88 Å². The summed E-state index contributed by atoms with van der Waals surface area (Å²) in [6.45, 7) is 1.82. The first-order valence-electron chi connectivity index (χ1n) is 6.37. The van der Waals surface area contributed by atoms with Crippen LogP contribution in [0.25, 0.3) is 0 Å². The SMILES string of the molecule is Cc1nnsc1C(=O)NC1(c2cccs2)CCCC1. The van der Waals surface area contributed by atoms with Gasteiger partial charge in [0.15, 0.2) is 0 Å². The second-order valence-corrected chi connectivity index (χ2v) is 6.61. The van der Waals surface area contributed by atoms with Crippen molar-refractivity contribution in [1.29, 1.82) is 0 Å². The van der Waals surface area contributed by atoms with Gasteiger partial charge >= 0.3 is 0 Å². The number of aryl methyl sites for hydroxylation is 1. The van der Waals surface area contributed by atoms with Crippen molar-refractivity contribution in [3.63, 3.8) is 0 Å². The van der Waals surface area contributed by atoms with Crippen molar-refractivity contribution in [1.82, 2.24) is 14.9 Å². The van der Waals surface area contributed by atoms with E-state index in [-0.39, 0.29) is 11.4 Å². The van der Waals surface area contributed by atoms with E-state index < -0.39 is 0 Å². The van der Waals surface area contributed by atoms with Gasteiger partial charge in [-0.15, -0.1) is 16.4 Å². The average Bonchev–Trinajstić information content (AvgIpc) is 3.08. The van der Waals surface area contributed by atoms with E-state index in [9.17, 15) is 4.79 Å². The molecule has 1 amide bonds. The number of hydrogen-bond donors (Lipinski definition) is 1. The standard InChI is InChI=1S/C13H15N3OS2/c1-9-11(19-16-15-9)12(17)14-13(6-2-3-7-13)10-5-4-8-18-10/h4-5,8H,2-3,6-7H2,1H3,(H,14,17). The van der Waals surface area contributed by atoms with Gasteiger partial charge < -0.3 is 5.32 Å². The number of hydrogen-bond acceptors (Lipinski definition) is 5. The lowest BCUT2D eigenvalue weighted by Gasteiger charge is -2.29. The second kappa shape index (κ2) is 5.02. The van der Waals surface area contributed by atoms with E-state index in [0.29, 0.717) is 10.6 Å². The van der Waals surface area contributed by atoms with E-state index in [1.54, 1.807) is 11.3 Å². The quantitative estimate of drug-likeness (QED) is 0.946. The summed E-state index contributed by atoms with van der Waals surface area (Å²) in [5.74, 6) is -0.0391. The second-order valence-electron chi connectivity index (χ2n) is 4.91. The molecule has 0 unspecified atom stereocenters. The highest BCUT2D eigenvalue weighted by Gasteiger charge is 2.38. The zero-order valence-corrected chi connectivity index (χ0v) is 12.3. The number of aromatic nitrogens is 2. The molecule has 1 saturated carbocycles. The summed E-state index contributed by atoms with van der Waals surface area (Å²) in [5.41, 5.74) is 0.531. The first-order chi connectivity index (χ1) is 9.21. The Morgan fingerprint density at radius 1 is 1.42 bits per heavy atom. The molecule has 0 bridgehead atoms. The topological polar surface area (TPSA) is 54.9 Å². The summed E-state index contributed by atoms with van der Waals surface area (Å²) >= 11 is 2.89. The van der Waals surface area contributed by atoms with Gasteiger partial charge in [0.25, 0.3) is 5.91 Å². The maximum Gasteiger partial charge on any atom is 0.265 e. The summed E-state index contributed by atoms with van der Waals surface area (Å²) in [6.07, 6.45) is 4.37. The number of amides is 1. The fourth-order valence-corrected chi connectivity index (χ4v) is 4.17. The lowest BCUT2D eigenvalue weighted by molar-refractivity contribution is 0.0903. The van der Waals surface area contributed by atoms with Gasteiger partial charge in [-0.3, -0.25) is 4.79 Å². The largest absolute Gasteiger partial charge is 0.341 e. The molecule has 0 atom stereocenters. The van der Waals surface area contributed by atoms with Crippen molar-refractivity contribution in [2.75, 3.05) is 0 Å². The molecule has 100 valence electrons. The van der Waals surface area contributed by atoms with Gasteiger partial charge in [-0.2, -0.15) is 0 Å². The highest BCUT2D eigenvalue weighted by Crippen LogP contribution is 2.41. The van der Waals surface area contributed by atoms with E-state index in [1.807, 2.05) is 13.0 Å². The normalized spacial score (nSPS) is 17.5. The maximum atomic E-state index is 12.4. The Labute approximate surface area is 120 Å². The molecule has 19 heavy (non-hydrogen) atoms. The van der Waals surface area contributed by atoms with Crippen LogP contribution in [0.2, 0.25) is 0 Å². The molecule has 0 saturated heterocycles. The molecule has 1 N–H and O–H groups in total. The van der Waals surface area contributed by atoms with Crippen LogP contribution in [0.1, 0.15) is 45.9 Å². The van der Waals surface area contributed by atoms with Gasteiger partial charge in [0.2, 0.25) is 0 Å². The van der Waals surface area contributed by atoms with E-state index in [2.05, 4.69) is 26.4 Å². The average molecular weight is 293 g/mol. The Kier molecular flexibility index (Phi) is 3.36. The Morgan fingerprint density at radius 3 is 2.79 bits per heavy atom. The maximum absolute atomic E-state index is 12.4. The molecule has 2 aromatic heterocycles. The minimum absolute atomic E-state index is 0.0391. The van der Waals surface area contributed by atoms with Crippen LogP contribution < -0.4 is 5.32 Å². The van der Waals surface area contributed by atoms with Crippen molar-refractivity contribution in [3.05, 3.63) is 33.0 Å². The number of rotatable bonds is 3. The van der Waals surface area contributed by atoms with Crippen LogP contribution in [0.5, 0.6) is 0 Å². The van der Waals surface area contributed by atoms with Gasteiger partial charge in [-0.25, -0.2) is 0 Å². The Hall–Kier alpha value is -1.27. The predicted octanol–water partition coefficient (Wildman–Crippen LogP) is 3.11. The zero-order valence-electron chi connectivity index (χ0n) is 10.7. The van der Waals surface area contributed by atoms with Crippen LogP contribution in [0.4, 0.5) is 0 Å².